The van der Waals surface area contributed by atoms with Gasteiger partial charge in [-0.15, -0.1) is 0 Å². The first-order valence-corrected chi connectivity index (χ1v) is 8.18. The SMILES string of the molecule is O=C(CCNC(=O)Nc1ccc(Br)cc1)Nc1cc([N+](=O)[O-])ccc1F. The maximum atomic E-state index is 13.6. The van der Waals surface area contributed by atoms with Gasteiger partial charge < -0.3 is 16.0 Å². The Labute approximate surface area is 156 Å². The largest absolute Gasteiger partial charge is 0.337 e. The number of nitro groups is 1. The third-order valence-electron chi connectivity index (χ3n) is 3.17. The summed E-state index contributed by atoms with van der Waals surface area (Å²) in [7, 11) is 0. The number of nitro benzene ring substituents is 1. The maximum Gasteiger partial charge on any atom is 0.319 e. The summed E-state index contributed by atoms with van der Waals surface area (Å²) in [4.78, 5) is 33.5. The number of carbonyl (C=O) groups is 2. The van der Waals surface area contributed by atoms with Gasteiger partial charge >= 0.3 is 6.03 Å². The van der Waals surface area contributed by atoms with Crippen molar-refractivity contribution in [1.29, 1.82) is 0 Å². The van der Waals surface area contributed by atoms with Crippen LogP contribution in [0, 0.1) is 15.9 Å². The molecule has 0 unspecified atom stereocenters. The van der Waals surface area contributed by atoms with E-state index < -0.39 is 22.7 Å². The number of nitrogens with one attached hydrogen (secondary N) is 3. The molecule has 0 saturated heterocycles. The lowest BCUT2D eigenvalue weighted by atomic mass is 10.2. The molecule has 26 heavy (non-hydrogen) atoms. The summed E-state index contributed by atoms with van der Waals surface area (Å²) >= 11 is 3.28. The summed E-state index contributed by atoms with van der Waals surface area (Å²) in [5.74, 6) is -1.38. The Morgan fingerprint density at radius 1 is 1.12 bits per heavy atom. The molecule has 0 aromatic heterocycles. The quantitative estimate of drug-likeness (QED) is 0.484. The van der Waals surface area contributed by atoms with Crippen LogP contribution in [0.15, 0.2) is 46.9 Å². The van der Waals surface area contributed by atoms with E-state index in [1.54, 1.807) is 24.3 Å². The molecule has 0 saturated carbocycles. The number of rotatable bonds is 6. The minimum absolute atomic E-state index is 0.00470. The molecule has 0 fully saturated rings. The lowest BCUT2D eigenvalue weighted by molar-refractivity contribution is -0.384. The van der Waals surface area contributed by atoms with Crippen LogP contribution in [-0.4, -0.2) is 23.4 Å². The zero-order chi connectivity index (χ0) is 19.1. The molecule has 10 heteroatoms. The van der Waals surface area contributed by atoms with Gasteiger partial charge in [0.1, 0.15) is 5.82 Å². The van der Waals surface area contributed by atoms with Crippen molar-refractivity contribution in [3.63, 3.8) is 0 Å². The number of urea groups is 1. The summed E-state index contributed by atoms with van der Waals surface area (Å²) in [5, 5.41) is 18.0. The van der Waals surface area contributed by atoms with Crippen molar-refractivity contribution in [2.45, 2.75) is 6.42 Å². The zero-order valence-electron chi connectivity index (χ0n) is 13.3. The number of benzene rings is 2. The molecule has 0 aliphatic heterocycles. The molecule has 0 spiro atoms. The highest BCUT2D eigenvalue weighted by Gasteiger charge is 2.13. The number of anilines is 2. The van der Waals surface area contributed by atoms with Crippen molar-refractivity contribution >= 4 is 44.9 Å². The minimum atomic E-state index is -0.787. The Morgan fingerprint density at radius 2 is 1.81 bits per heavy atom. The highest BCUT2D eigenvalue weighted by Crippen LogP contribution is 2.21. The van der Waals surface area contributed by atoms with Crippen LogP contribution in [0.1, 0.15) is 6.42 Å². The summed E-state index contributed by atoms with van der Waals surface area (Å²) in [6.45, 7) is 0.00470. The van der Waals surface area contributed by atoms with Gasteiger partial charge in [-0.3, -0.25) is 14.9 Å². The van der Waals surface area contributed by atoms with Gasteiger partial charge in [-0.1, -0.05) is 15.9 Å². The van der Waals surface area contributed by atoms with Crippen LogP contribution < -0.4 is 16.0 Å². The van der Waals surface area contributed by atoms with E-state index in [0.29, 0.717) is 5.69 Å². The maximum absolute atomic E-state index is 13.6. The standard InChI is InChI=1S/C16H14BrFN4O4/c17-10-1-3-11(4-2-10)20-16(24)19-8-7-15(23)21-14-9-12(22(25)26)5-6-13(14)18/h1-6,9H,7-8H2,(H,21,23)(H2,19,20,24). The van der Waals surface area contributed by atoms with E-state index in [1.165, 1.54) is 0 Å². The first-order chi connectivity index (χ1) is 12.3. The molecule has 136 valence electrons. The average Bonchev–Trinajstić information content (AvgIpc) is 2.58. The molecule has 0 atom stereocenters. The van der Waals surface area contributed by atoms with Crippen molar-refractivity contribution in [2.24, 2.45) is 0 Å². The Morgan fingerprint density at radius 3 is 2.46 bits per heavy atom. The van der Waals surface area contributed by atoms with Gasteiger partial charge in [-0.05, 0) is 30.3 Å². The van der Waals surface area contributed by atoms with E-state index in [1.807, 2.05) is 0 Å². The first kappa shape index (κ1) is 19.3. The zero-order valence-corrected chi connectivity index (χ0v) is 14.9. The van der Waals surface area contributed by atoms with Gasteiger partial charge in [0, 0.05) is 35.3 Å². The third kappa shape index (κ3) is 5.81. The fourth-order valence-electron chi connectivity index (χ4n) is 1.93. The second kappa shape index (κ2) is 8.90. The molecule has 0 aliphatic rings. The van der Waals surface area contributed by atoms with Gasteiger partial charge in [0.05, 0.1) is 10.6 Å². The van der Waals surface area contributed by atoms with Crippen molar-refractivity contribution in [3.8, 4) is 0 Å². The third-order valence-corrected chi connectivity index (χ3v) is 3.70. The first-order valence-electron chi connectivity index (χ1n) is 7.39. The molecule has 0 bridgehead atoms. The smallest absolute Gasteiger partial charge is 0.319 e. The molecule has 2 aromatic rings. The molecule has 3 amide bonds. The van der Waals surface area contributed by atoms with Crippen molar-refractivity contribution in [1.82, 2.24) is 5.32 Å². The summed E-state index contributed by atoms with van der Waals surface area (Å²) < 4.78 is 14.5. The fraction of sp³-hybridized carbons (Fsp3) is 0.125. The molecule has 0 heterocycles. The van der Waals surface area contributed by atoms with Crippen LogP contribution in [0.25, 0.3) is 0 Å². The number of non-ortho nitro benzene ring substituents is 1. The van der Waals surface area contributed by atoms with Crippen molar-refractivity contribution in [3.05, 3.63) is 62.9 Å². The lowest BCUT2D eigenvalue weighted by Crippen LogP contribution is -2.31. The van der Waals surface area contributed by atoms with Crippen molar-refractivity contribution in [2.75, 3.05) is 17.2 Å². The second-order valence-corrected chi connectivity index (χ2v) is 6.02. The van der Waals surface area contributed by atoms with Crippen LogP contribution in [-0.2, 0) is 4.79 Å². The van der Waals surface area contributed by atoms with Crippen LogP contribution in [0.4, 0.5) is 26.2 Å². The minimum Gasteiger partial charge on any atom is -0.337 e. The van der Waals surface area contributed by atoms with Crippen LogP contribution in [0.2, 0.25) is 0 Å². The van der Waals surface area contributed by atoms with E-state index in [-0.39, 0.29) is 24.3 Å². The van der Waals surface area contributed by atoms with E-state index in [0.717, 1.165) is 22.7 Å². The highest BCUT2D eigenvalue weighted by atomic mass is 79.9. The van der Waals surface area contributed by atoms with Gasteiger partial charge in [-0.25, -0.2) is 9.18 Å². The predicted molar refractivity (Wildman–Crippen MR) is 97.5 cm³/mol. The average molecular weight is 425 g/mol. The summed E-state index contributed by atoms with van der Waals surface area (Å²) in [6, 6.07) is 9.25. The number of nitrogens with zero attached hydrogens (tertiary/aromatic N) is 1. The molecule has 0 radical (unpaired) electrons. The van der Waals surface area contributed by atoms with Gasteiger partial charge in [0.2, 0.25) is 5.91 Å². The van der Waals surface area contributed by atoms with Crippen LogP contribution in [0.3, 0.4) is 0 Å². The number of halogens is 2. The summed E-state index contributed by atoms with van der Waals surface area (Å²) in [5.41, 5.74) is -0.0500. The molecule has 3 N–H and O–H groups in total. The van der Waals surface area contributed by atoms with Gasteiger partial charge in [0.15, 0.2) is 0 Å². The van der Waals surface area contributed by atoms with E-state index in [4.69, 9.17) is 0 Å². The van der Waals surface area contributed by atoms with Crippen molar-refractivity contribution < 1.29 is 18.9 Å². The molecular formula is C16H14BrFN4O4. The normalized spacial score (nSPS) is 10.1. The predicted octanol–water partition coefficient (Wildman–Crippen LogP) is 3.65. The number of hydrogen-bond acceptors (Lipinski definition) is 4. The lowest BCUT2D eigenvalue weighted by Gasteiger charge is -2.09. The van der Waals surface area contributed by atoms with E-state index in [2.05, 4.69) is 31.9 Å². The topological polar surface area (TPSA) is 113 Å². The second-order valence-electron chi connectivity index (χ2n) is 5.11. The van der Waals surface area contributed by atoms with Crippen LogP contribution >= 0.6 is 15.9 Å². The molecule has 2 rings (SSSR count). The number of hydrogen-bond donors (Lipinski definition) is 3. The Bertz CT molecular complexity index is 829. The Hall–Kier alpha value is -3.01. The fourth-order valence-corrected chi connectivity index (χ4v) is 2.20. The highest BCUT2D eigenvalue weighted by molar-refractivity contribution is 9.10. The van der Waals surface area contributed by atoms with Gasteiger partial charge in [0.25, 0.3) is 5.69 Å². The molecule has 0 aliphatic carbocycles. The summed E-state index contributed by atoms with van der Waals surface area (Å²) in [6.07, 6.45) is -0.129. The monoisotopic (exact) mass is 424 g/mol. The van der Waals surface area contributed by atoms with Crippen LogP contribution in [0.5, 0.6) is 0 Å². The molecule has 2 aromatic carbocycles. The number of carbonyl (C=O) groups excluding carboxylic acids is 2. The Balaban J connectivity index is 1.80. The Kier molecular flexibility index (Phi) is 6.61. The molecule has 8 nitrogen and oxygen atoms in total. The van der Waals surface area contributed by atoms with E-state index >= 15 is 0 Å². The number of amides is 3. The van der Waals surface area contributed by atoms with E-state index in [9.17, 15) is 24.1 Å². The molecular weight excluding hydrogens is 411 g/mol. The van der Waals surface area contributed by atoms with Gasteiger partial charge in [-0.2, -0.15) is 0 Å².